The highest BCUT2D eigenvalue weighted by Gasteiger charge is 2.52. The number of nitrogens with zero attached hydrogens (tertiary/aromatic N) is 1. The minimum Gasteiger partial charge on any atom is -0.470 e. The van der Waals surface area contributed by atoms with Crippen LogP contribution in [0.15, 0.2) is 30.5 Å². The molecule has 1 aromatic carbocycles. The molecule has 3 aliphatic rings. The summed E-state index contributed by atoms with van der Waals surface area (Å²) in [5.41, 5.74) is 4.12. The fourth-order valence-corrected chi connectivity index (χ4v) is 3.26. The second-order valence-corrected chi connectivity index (χ2v) is 8.07. The molecule has 1 N–H and O–H groups in total. The van der Waals surface area contributed by atoms with Gasteiger partial charge in [0.25, 0.3) is 0 Å². The van der Waals surface area contributed by atoms with Gasteiger partial charge in [0.2, 0.25) is 0 Å². The van der Waals surface area contributed by atoms with Crippen molar-refractivity contribution >= 4 is 12.6 Å². The van der Waals surface area contributed by atoms with Crippen LogP contribution < -0.4 is 15.6 Å². The van der Waals surface area contributed by atoms with Crippen molar-refractivity contribution in [3.8, 4) is 5.75 Å². The third-order valence-corrected chi connectivity index (χ3v) is 5.52. The molecule has 3 heterocycles. The first-order valence-corrected chi connectivity index (χ1v) is 9.32. The maximum atomic E-state index is 6.23. The Morgan fingerprint density at radius 3 is 2.37 bits per heavy atom. The fraction of sp³-hybridized carbons (Fsp3) is 0.579. The molecule has 2 saturated heterocycles. The lowest BCUT2D eigenvalue weighted by molar-refractivity contribution is -0.0437. The number of hydrogen-bond donors (Lipinski definition) is 1. The Balaban J connectivity index is 1.62. The van der Waals surface area contributed by atoms with E-state index in [0.29, 0.717) is 13.2 Å². The van der Waals surface area contributed by atoms with Crippen molar-refractivity contribution in [3.05, 3.63) is 36.0 Å². The molecule has 0 radical (unpaired) electrons. The molecule has 2 fully saturated rings. The molecule has 0 spiro atoms. The van der Waals surface area contributed by atoms with E-state index in [9.17, 15) is 0 Å². The molecule has 1 atom stereocenters. The minimum atomic E-state index is -0.484. The topological polar surface area (TPSA) is 61.4 Å². The Morgan fingerprint density at radius 2 is 1.78 bits per heavy atom. The van der Waals surface area contributed by atoms with Gasteiger partial charge in [0.1, 0.15) is 5.75 Å². The lowest BCUT2D eigenvalue weighted by Gasteiger charge is -2.32. The van der Waals surface area contributed by atoms with Gasteiger partial charge in [0.15, 0.2) is 12.5 Å². The maximum Gasteiger partial charge on any atom is 0.495 e. The highest BCUT2D eigenvalue weighted by Crippen LogP contribution is 2.37. The summed E-state index contributed by atoms with van der Waals surface area (Å²) in [5.74, 6) is 0.724. The second kappa shape index (κ2) is 6.79. The smallest absolute Gasteiger partial charge is 0.470 e. The minimum absolute atomic E-state index is 0.212. The molecule has 1 unspecified atom stereocenters. The molecular formula is C19H27BN2O5. The monoisotopic (exact) mass is 374 g/mol. The van der Waals surface area contributed by atoms with Crippen LogP contribution in [0.25, 0.3) is 0 Å². The first kappa shape index (κ1) is 18.8. The van der Waals surface area contributed by atoms with Crippen molar-refractivity contribution in [3.63, 3.8) is 0 Å². The van der Waals surface area contributed by atoms with E-state index in [-0.39, 0.29) is 6.23 Å². The molecule has 27 heavy (non-hydrogen) atoms. The van der Waals surface area contributed by atoms with E-state index < -0.39 is 24.6 Å². The van der Waals surface area contributed by atoms with Crippen LogP contribution in [0.4, 0.5) is 0 Å². The number of ether oxygens (including phenoxy) is 3. The quantitative estimate of drug-likeness (QED) is 0.805. The van der Waals surface area contributed by atoms with Crippen molar-refractivity contribution in [2.24, 2.45) is 0 Å². The van der Waals surface area contributed by atoms with Crippen LogP contribution in [-0.4, -0.2) is 49.8 Å². The van der Waals surface area contributed by atoms with Crippen LogP contribution >= 0.6 is 0 Å². The summed E-state index contributed by atoms with van der Waals surface area (Å²) in [4.78, 5) is 0. The average molecular weight is 374 g/mol. The van der Waals surface area contributed by atoms with Gasteiger partial charge in [-0.1, -0.05) is 6.07 Å². The number of nitrogens with one attached hydrogen (secondary N) is 1. The summed E-state index contributed by atoms with van der Waals surface area (Å²) >= 11 is 0. The molecule has 1 aromatic rings. The van der Waals surface area contributed by atoms with Gasteiger partial charge in [-0.15, -0.1) is 0 Å². The number of hydrogen-bond acceptors (Lipinski definition) is 7. The molecule has 146 valence electrons. The normalized spacial score (nSPS) is 26.9. The lowest BCUT2D eigenvalue weighted by Crippen LogP contribution is -2.41. The molecule has 0 amide bonds. The van der Waals surface area contributed by atoms with Crippen LogP contribution in [0.3, 0.4) is 0 Å². The summed E-state index contributed by atoms with van der Waals surface area (Å²) in [6.07, 6.45) is 3.21. The zero-order valence-electron chi connectivity index (χ0n) is 16.5. The number of rotatable bonds is 4. The molecule has 3 aliphatic heterocycles. The standard InChI is InChI=1S/C19H27BN2O5/c1-18(2)19(3,4)27-20(26-18)15-7-6-13(25-16-8-9-22(5)21-16)12-14(15)17-23-10-11-24-17/h6-9,12,16-17,21H,10-11H2,1-5H3. The molecular weight excluding hydrogens is 347 g/mol. The highest BCUT2D eigenvalue weighted by molar-refractivity contribution is 6.62. The van der Waals surface area contributed by atoms with Crippen molar-refractivity contribution in [1.82, 2.24) is 10.4 Å². The first-order valence-electron chi connectivity index (χ1n) is 9.32. The van der Waals surface area contributed by atoms with Crippen LogP contribution in [0.5, 0.6) is 5.75 Å². The summed E-state index contributed by atoms with van der Waals surface area (Å²) in [7, 11) is 1.44. The predicted molar refractivity (Wildman–Crippen MR) is 101 cm³/mol. The first-order chi connectivity index (χ1) is 12.7. The summed E-state index contributed by atoms with van der Waals surface area (Å²) in [6, 6.07) is 5.84. The van der Waals surface area contributed by atoms with Crippen LogP contribution in [0, 0.1) is 0 Å². The number of benzene rings is 1. The van der Waals surface area contributed by atoms with E-state index in [1.807, 2.05) is 70.2 Å². The Hall–Kier alpha value is -1.58. The summed E-state index contributed by atoms with van der Waals surface area (Å²) < 4.78 is 30.0. The van der Waals surface area contributed by atoms with Gasteiger partial charge in [-0.25, -0.2) is 0 Å². The Bertz CT molecular complexity index is 717. The van der Waals surface area contributed by atoms with Crippen molar-refractivity contribution in [2.75, 3.05) is 20.3 Å². The van der Waals surface area contributed by atoms with Crippen LogP contribution in [-0.2, 0) is 18.8 Å². The Kier molecular flexibility index (Phi) is 4.72. The Morgan fingerprint density at radius 1 is 1.11 bits per heavy atom. The molecule has 0 aliphatic carbocycles. The molecule has 4 rings (SSSR count). The highest BCUT2D eigenvalue weighted by atomic mass is 16.7. The van der Waals surface area contributed by atoms with Gasteiger partial charge in [0.05, 0.1) is 24.4 Å². The third kappa shape index (κ3) is 3.60. The molecule has 0 aromatic heterocycles. The average Bonchev–Trinajstić information content (AvgIpc) is 3.29. The van der Waals surface area contributed by atoms with Gasteiger partial charge in [-0.3, -0.25) is 0 Å². The molecule has 0 saturated carbocycles. The summed E-state index contributed by atoms with van der Waals surface area (Å²) in [5, 5.41) is 1.85. The van der Waals surface area contributed by atoms with Gasteiger partial charge in [-0.2, -0.15) is 5.43 Å². The molecule has 7 nitrogen and oxygen atoms in total. The van der Waals surface area contributed by atoms with E-state index in [1.54, 1.807) is 0 Å². The second-order valence-electron chi connectivity index (χ2n) is 8.07. The van der Waals surface area contributed by atoms with Crippen molar-refractivity contribution < 1.29 is 23.5 Å². The third-order valence-electron chi connectivity index (χ3n) is 5.52. The van der Waals surface area contributed by atoms with E-state index >= 15 is 0 Å². The SMILES string of the molecule is CN1C=CC(Oc2ccc(B3OC(C)(C)C(C)(C)O3)c(C3OCCO3)c2)N1. The zero-order chi connectivity index (χ0) is 19.2. The van der Waals surface area contributed by atoms with E-state index in [2.05, 4.69) is 5.43 Å². The molecule has 8 heteroatoms. The predicted octanol–water partition coefficient (Wildman–Crippen LogP) is 1.70. The Labute approximate surface area is 160 Å². The summed E-state index contributed by atoms with van der Waals surface area (Å²) in [6.45, 7) is 9.30. The van der Waals surface area contributed by atoms with Crippen LogP contribution in [0.1, 0.15) is 39.5 Å². The van der Waals surface area contributed by atoms with Crippen molar-refractivity contribution in [2.45, 2.75) is 51.4 Å². The van der Waals surface area contributed by atoms with E-state index in [4.69, 9.17) is 23.5 Å². The van der Waals surface area contributed by atoms with Crippen molar-refractivity contribution in [1.29, 1.82) is 0 Å². The van der Waals surface area contributed by atoms with Gasteiger partial charge >= 0.3 is 7.12 Å². The maximum absolute atomic E-state index is 6.23. The van der Waals surface area contributed by atoms with E-state index in [1.165, 1.54) is 0 Å². The fourth-order valence-electron chi connectivity index (χ4n) is 3.26. The molecule has 0 bridgehead atoms. The largest absolute Gasteiger partial charge is 0.495 e. The van der Waals surface area contributed by atoms with Gasteiger partial charge < -0.3 is 28.5 Å². The lowest BCUT2D eigenvalue weighted by atomic mass is 9.75. The van der Waals surface area contributed by atoms with Crippen LogP contribution in [0.2, 0.25) is 0 Å². The van der Waals surface area contributed by atoms with E-state index in [0.717, 1.165) is 16.8 Å². The van der Waals surface area contributed by atoms with Gasteiger partial charge in [0, 0.05) is 18.8 Å². The van der Waals surface area contributed by atoms with Gasteiger partial charge in [-0.05, 0) is 51.4 Å². The number of hydrazine groups is 1. The zero-order valence-corrected chi connectivity index (χ0v) is 16.5.